The van der Waals surface area contributed by atoms with E-state index in [1.54, 1.807) is 23.7 Å². The quantitative estimate of drug-likeness (QED) is 0.195. The monoisotopic (exact) mass is 607 g/mol. The molecule has 0 atom stereocenters. The lowest BCUT2D eigenvalue weighted by molar-refractivity contribution is 1.17. The Balaban J connectivity index is 1.15. The molecule has 5 nitrogen and oxygen atoms in total. The predicted molar refractivity (Wildman–Crippen MR) is 189 cm³/mol. The molecule has 216 valence electrons. The fourth-order valence-electron chi connectivity index (χ4n) is 6.29. The van der Waals surface area contributed by atoms with E-state index in [-0.39, 0.29) is 0 Å². The van der Waals surface area contributed by atoms with Crippen LogP contribution in [0.25, 0.3) is 82.6 Å². The molecular formula is C40H25N5S. The van der Waals surface area contributed by atoms with Crippen molar-refractivity contribution in [2.24, 2.45) is 0 Å². The third-order valence-corrected chi connectivity index (χ3v) is 9.48. The van der Waals surface area contributed by atoms with Crippen LogP contribution in [0.3, 0.4) is 0 Å². The molecule has 0 N–H and O–H groups in total. The van der Waals surface area contributed by atoms with Gasteiger partial charge in [0.15, 0.2) is 5.82 Å². The maximum Gasteiger partial charge on any atom is 0.160 e. The third kappa shape index (κ3) is 4.47. The van der Waals surface area contributed by atoms with Gasteiger partial charge in [0.05, 0.1) is 22.4 Å². The van der Waals surface area contributed by atoms with Crippen LogP contribution in [0.15, 0.2) is 151 Å². The molecule has 9 rings (SSSR count). The van der Waals surface area contributed by atoms with Crippen molar-refractivity contribution in [1.29, 1.82) is 0 Å². The fraction of sp³-hybridized carbons (Fsp3) is 0. The van der Waals surface area contributed by atoms with Gasteiger partial charge in [-0.3, -0.25) is 9.97 Å². The summed E-state index contributed by atoms with van der Waals surface area (Å²) in [6, 6.07) is 42.6. The summed E-state index contributed by atoms with van der Waals surface area (Å²) >= 11 is 1.80. The number of nitrogens with zero attached hydrogens (tertiary/aromatic N) is 5. The van der Waals surface area contributed by atoms with Crippen LogP contribution in [0.5, 0.6) is 0 Å². The lowest BCUT2D eigenvalue weighted by Gasteiger charge is -2.12. The molecule has 0 aliphatic rings. The molecule has 9 aromatic rings. The Kier molecular flexibility index (Phi) is 6.25. The Labute approximate surface area is 269 Å². The largest absolute Gasteiger partial charge is 0.309 e. The van der Waals surface area contributed by atoms with Crippen LogP contribution in [0, 0.1) is 0 Å². The molecule has 0 fully saturated rings. The molecule has 0 saturated heterocycles. The molecule has 0 aliphatic heterocycles. The van der Waals surface area contributed by atoms with Crippen molar-refractivity contribution in [3.8, 4) is 50.7 Å². The Morgan fingerprint density at radius 2 is 1.11 bits per heavy atom. The smallest absolute Gasteiger partial charge is 0.160 e. The maximum atomic E-state index is 5.03. The second-order valence-electron chi connectivity index (χ2n) is 11.2. The van der Waals surface area contributed by atoms with Crippen molar-refractivity contribution in [2.45, 2.75) is 0 Å². The predicted octanol–water partition coefficient (Wildman–Crippen LogP) is 10.2. The van der Waals surface area contributed by atoms with Crippen LogP contribution in [0.2, 0.25) is 0 Å². The van der Waals surface area contributed by atoms with Crippen molar-refractivity contribution < 1.29 is 0 Å². The molecule has 6 heteroatoms. The molecule has 0 unspecified atom stereocenters. The first-order valence-corrected chi connectivity index (χ1v) is 16.0. The van der Waals surface area contributed by atoms with Crippen LogP contribution in [-0.4, -0.2) is 24.5 Å². The van der Waals surface area contributed by atoms with E-state index >= 15 is 0 Å². The lowest BCUT2D eigenvalue weighted by Crippen LogP contribution is -1.97. The van der Waals surface area contributed by atoms with Crippen LogP contribution < -0.4 is 0 Å². The normalized spacial score (nSPS) is 11.5. The number of benzene rings is 4. The molecule has 0 radical (unpaired) electrons. The fourth-order valence-corrected chi connectivity index (χ4v) is 7.24. The molecule has 5 aromatic heterocycles. The summed E-state index contributed by atoms with van der Waals surface area (Å²) in [7, 11) is 0. The van der Waals surface area contributed by atoms with Crippen LogP contribution in [0.4, 0.5) is 0 Å². The van der Waals surface area contributed by atoms with Gasteiger partial charge >= 0.3 is 0 Å². The number of aromatic nitrogens is 5. The highest BCUT2D eigenvalue weighted by Crippen LogP contribution is 2.39. The molecule has 46 heavy (non-hydrogen) atoms. The molecule has 4 aromatic carbocycles. The van der Waals surface area contributed by atoms with Gasteiger partial charge in [-0.2, -0.15) is 0 Å². The van der Waals surface area contributed by atoms with Crippen molar-refractivity contribution in [3.63, 3.8) is 0 Å². The standard InChI is InChI=1S/C40H25N5S/c1-2-4-36-33(3-1)38-37(14-11-30-19-24-46-39(30)38)45(36)32-12-9-29(10-13-32)35-25-34(43-40(44-35)31-17-22-42-23-18-31)28-7-5-26(6-8-28)27-15-20-41-21-16-27/h1-25H. The van der Waals surface area contributed by atoms with Gasteiger partial charge in [0, 0.05) is 62.6 Å². The molecule has 0 amide bonds. The summed E-state index contributed by atoms with van der Waals surface area (Å²) in [4.78, 5) is 18.4. The average molecular weight is 608 g/mol. The minimum absolute atomic E-state index is 0.666. The third-order valence-electron chi connectivity index (χ3n) is 8.54. The zero-order valence-electron chi connectivity index (χ0n) is 24.6. The zero-order chi connectivity index (χ0) is 30.5. The number of fused-ring (bicyclic) bond motifs is 5. The Morgan fingerprint density at radius 1 is 0.500 bits per heavy atom. The first kappa shape index (κ1) is 26.4. The zero-order valence-corrected chi connectivity index (χ0v) is 25.4. The van der Waals surface area contributed by atoms with Crippen molar-refractivity contribution >= 4 is 43.2 Å². The summed E-state index contributed by atoms with van der Waals surface area (Å²) in [6.45, 7) is 0. The van der Waals surface area contributed by atoms with Crippen molar-refractivity contribution in [2.75, 3.05) is 0 Å². The molecule has 5 heterocycles. The Hall–Kier alpha value is -5.98. The van der Waals surface area contributed by atoms with Gasteiger partial charge in [-0.15, -0.1) is 11.3 Å². The second kappa shape index (κ2) is 10.9. The van der Waals surface area contributed by atoms with Gasteiger partial charge in [-0.25, -0.2) is 9.97 Å². The molecule has 0 aliphatic carbocycles. The van der Waals surface area contributed by atoms with E-state index in [0.717, 1.165) is 44.9 Å². The number of thiophene rings is 1. The second-order valence-corrected chi connectivity index (χ2v) is 12.1. The van der Waals surface area contributed by atoms with Crippen LogP contribution in [-0.2, 0) is 0 Å². The number of hydrogen-bond acceptors (Lipinski definition) is 5. The summed E-state index contributed by atoms with van der Waals surface area (Å²) in [6.07, 6.45) is 7.18. The van der Waals surface area contributed by atoms with Gasteiger partial charge in [-0.1, -0.05) is 60.7 Å². The topological polar surface area (TPSA) is 56.5 Å². The van der Waals surface area contributed by atoms with E-state index in [1.165, 1.54) is 31.9 Å². The van der Waals surface area contributed by atoms with E-state index < -0.39 is 0 Å². The van der Waals surface area contributed by atoms with E-state index in [1.807, 2.05) is 36.7 Å². The van der Waals surface area contributed by atoms with Crippen LogP contribution in [0.1, 0.15) is 0 Å². The summed E-state index contributed by atoms with van der Waals surface area (Å²) < 4.78 is 3.70. The lowest BCUT2D eigenvalue weighted by atomic mass is 10.0. The maximum absolute atomic E-state index is 5.03. The van der Waals surface area contributed by atoms with E-state index in [9.17, 15) is 0 Å². The van der Waals surface area contributed by atoms with E-state index in [4.69, 9.17) is 9.97 Å². The minimum Gasteiger partial charge on any atom is -0.309 e. The molecule has 0 bridgehead atoms. The Bertz CT molecular complexity index is 2500. The van der Waals surface area contributed by atoms with Crippen molar-refractivity contribution in [1.82, 2.24) is 24.5 Å². The summed E-state index contributed by atoms with van der Waals surface area (Å²) in [5.74, 6) is 0.666. The molecular weight excluding hydrogens is 583 g/mol. The Morgan fingerprint density at radius 3 is 1.83 bits per heavy atom. The van der Waals surface area contributed by atoms with E-state index in [0.29, 0.717) is 5.82 Å². The summed E-state index contributed by atoms with van der Waals surface area (Å²) in [5, 5.41) is 6.04. The first-order valence-electron chi connectivity index (χ1n) is 15.1. The van der Waals surface area contributed by atoms with Gasteiger partial charge < -0.3 is 4.57 Å². The van der Waals surface area contributed by atoms with Gasteiger partial charge in [-0.05, 0) is 82.6 Å². The average Bonchev–Trinajstić information content (AvgIpc) is 3.75. The number of pyridine rings is 2. The molecule has 0 spiro atoms. The molecule has 0 saturated carbocycles. The summed E-state index contributed by atoms with van der Waals surface area (Å²) in [5.41, 5.74) is 10.5. The number of rotatable bonds is 5. The number of para-hydroxylation sites is 1. The highest BCUT2D eigenvalue weighted by Gasteiger charge is 2.16. The van der Waals surface area contributed by atoms with E-state index in [2.05, 4.69) is 117 Å². The van der Waals surface area contributed by atoms with Crippen LogP contribution >= 0.6 is 11.3 Å². The van der Waals surface area contributed by atoms with Gasteiger partial charge in [0.2, 0.25) is 0 Å². The minimum atomic E-state index is 0.666. The van der Waals surface area contributed by atoms with Crippen molar-refractivity contribution in [3.05, 3.63) is 151 Å². The first-order chi connectivity index (χ1) is 22.8. The number of hydrogen-bond donors (Lipinski definition) is 0. The highest BCUT2D eigenvalue weighted by atomic mass is 32.1. The van der Waals surface area contributed by atoms with Gasteiger partial charge in [0.25, 0.3) is 0 Å². The SMILES string of the molecule is c1ccc2c(c1)c1c3sccc3ccc1n2-c1ccc(-c2cc(-c3ccc(-c4ccncc4)cc3)nc(-c3ccncc3)n2)cc1. The van der Waals surface area contributed by atoms with Gasteiger partial charge in [0.1, 0.15) is 0 Å². The highest BCUT2D eigenvalue weighted by molar-refractivity contribution is 7.18.